The van der Waals surface area contributed by atoms with Gasteiger partial charge in [0.1, 0.15) is 6.07 Å². The molecule has 1 N–H and O–H groups in total. The number of nitrogens with zero attached hydrogens (tertiary/aromatic N) is 3. The van der Waals surface area contributed by atoms with Crippen LogP contribution in [0.4, 0.5) is 17.1 Å². The van der Waals surface area contributed by atoms with Gasteiger partial charge in [0.05, 0.1) is 27.1 Å². The Morgan fingerprint density at radius 1 is 1.07 bits per heavy atom. The predicted molar refractivity (Wildman–Crippen MR) is 97.3 cm³/mol. The second-order valence-corrected chi connectivity index (χ2v) is 6.65. The Bertz CT molecular complexity index is 1020. The minimum Gasteiger partial charge on any atom is -0.377 e. The van der Waals surface area contributed by atoms with Gasteiger partial charge in [0.2, 0.25) is 0 Å². The van der Waals surface area contributed by atoms with Crippen molar-refractivity contribution in [3.05, 3.63) is 85.5 Å². The minimum absolute atomic E-state index is 0.0180. The number of hydrogen-bond acceptors (Lipinski definition) is 6. The van der Waals surface area contributed by atoms with Gasteiger partial charge in [-0.25, -0.2) is 0 Å². The third-order valence-corrected chi connectivity index (χ3v) is 5.25. The first-order valence-electron chi connectivity index (χ1n) is 8.39. The highest BCUT2D eigenvalue weighted by Gasteiger charge is 2.40. The maximum Gasteiger partial charge on any atom is 0.271 e. The number of anilines is 1. The normalized spacial score (nSPS) is 22.3. The van der Waals surface area contributed by atoms with Gasteiger partial charge in [-0.3, -0.25) is 20.2 Å². The number of rotatable bonds is 3. The Hall–Kier alpha value is -3.73. The maximum atomic E-state index is 11.2. The molecule has 1 aliphatic carbocycles. The molecular weight excluding hydrogens is 348 g/mol. The van der Waals surface area contributed by atoms with Crippen molar-refractivity contribution in [1.82, 2.24) is 0 Å². The molecule has 0 spiro atoms. The second kappa shape index (κ2) is 6.21. The standard InChI is InChI=1S/C19H14N4O4/c20-10-12-8-14(23(26)27)9-17-15-2-1-3-16(15)18(21-19(12)17)11-4-6-13(7-5-11)22(24)25/h1-2,4-9,15-16,18,21H,3H2/t15-,16+,18+/m1/s1. The molecule has 0 saturated heterocycles. The molecule has 8 heteroatoms. The first-order valence-corrected chi connectivity index (χ1v) is 8.39. The van der Waals surface area contributed by atoms with Gasteiger partial charge in [-0.2, -0.15) is 5.26 Å². The van der Waals surface area contributed by atoms with Gasteiger partial charge < -0.3 is 5.32 Å². The van der Waals surface area contributed by atoms with Crippen molar-refractivity contribution in [1.29, 1.82) is 5.26 Å². The van der Waals surface area contributed by atoms with E-state index in [0.717, 1.165) is 17.5 Å². The topological polar surface area (TPSA) is 122 Å². The molecule has 0 fully saturated rings. The number of hydrogen-bond donors (Lipinski definition) is 1. The summed E-state index contributed by atoms with van der Waals surface area (Å²) in [5, 5.41) is 35.0. The number of benzene rings is 2. The zero-order chi connectivity index (χ0) is 19.1. The van der Waals surface area contributed by atoms with Crippen molar-refractivity contribution in [2.24, 2.45) is 5.92 Å². The lowest BCUT2D eigenvalue weighted by molar-refractivity contribution is -0.385. The summed E-state index contributed by atoms with van der Waals surface area (Å²) < 4.78 is 0. The van der Waals surface area contributed by atoms with Crippen LogP contribution in [-0.4, -0.2) is 9.85 Å². The Morgan fingerprint density at radius 3 is 2.41 bits per heavy atom. The van der Waals surface area contributed by atoms with Crippen LogP contribution in [0.2, 0.25) is 0 Å². The largest absolute Gasteiger partial charge is 0.377 e. The number of non-ortho nitro benzene ring substituents is 2. The summed E-state index contributed by atoms with van der Waals surface area (Å²) in [5.74, 6) is 0.0703. The summed E-state index contributed by atoms with van der Waals surface area (Å²) in [4.78, 5) is 21.2. The average molecular weight is 362 g/mol. The van der Waals surface area contributed by atoms with Crippen LogP contribution >= 0.6 is 0 Å². The molecular formula is C19H14N4O4. The molecule has 2 aromatic rings. The molecule has 0 radical (unpaired) electrons. The van der Waals surface area contributed by atoms with E-state index in [1.54, 1.807) is 12.1 Å². The number of fused-ring (bicyclic) bond motifs is 3. The van der Waals surface area contributed by atoms with Crippen molar-refractivity contribution in [2.75, 3.05) is 5.32 Å². The van der Waals surface area contributed by atoms with Gasteiger partial charge in [0.25, 0.3) is 11.4 Å². The van der Waals surface area contributed by atoms with E-state index in [2.05, 4.69) is 5.32 Å². The van der Waals surface area contributed by atoms with Gasteiger partial charge >= 0.3 is 0 Å². The lowest BCUT2D eigenvalue weighted by Crippen LogP contribution is -2.29. The fraction of sp³-hybridized carbons (Fsp3) is 0.211. The van der Waals surface area contributed by atoms with E-state index >= 15 is 0 Å². The fourth-order valence-corrected chi connectivity index (χ4v) is 4.01. The maximum absolute atomic E-state index is 11.2. The SMILES string of the molecule is N#Cc1cc([N+](=O)[O-])cc2c1N[C@@H](c1ccc([N+](=O)[O-])cc1)[C@H]1CC=C[C@@H]21. The molecule has 4 rings (SSSR count). The second-order valence-electron chi connectivity index (χ2n) is 6.65. The highest BCUT2D eigenvalue weighted by atomic mass is 16.6. The summed E-state index contributed by atoms with van der Waals surface area (Å²) in [6, 6.07) is 11.1. The van der Waals surface area contributed by atoms with Crippen molar-refractivity contribution < 1.29 is 9.85 Å². The van der Waals surface area contributed by atoms with Crippen LogP contribution in [0.25, 0.3) is 0 Å². The molecule has 1 heterocycles. The summed E-state index contributed by atoms with van der Waals surface area (Å²) in [7, 11) is 0. The number of nitriles is 1. The zero-order valence-corrected chi connectivity index (χ0v) is 14.0. The van der Waals surface area contributed by atoms with E-state index in [0.29, 0.717) is 5.69 Å². The molecule has 0 aromatic heterocycles. The van der Waals surface area contributed by atoms with Crippen LogP contribution in [0.15, 0.2) is 48.6 Å². The third kappa shape index (κ3) is 2.69. The molecule has 8 nitrogen and oxygen atoms in total. The zero-order valence-electron chi connectivity index (χ0n) is 14.0. The van der Waals surface area contributed by atoms with E-state index < -0.39 is 9.85 Å². The van der Waals surface area contributed by atoms with Crippen LogP contribution in [-0.2, 0) is 0 Å². The Labute approximate surface area is 154 Å². The number of nitro benzene ring substituents is 2. The first-order chi connectivity index (χ1) is 13.0. The number of nitro groups is 2. The Morgan fingerprint density at radius 2 is 1.78 bits per heavy atom. The summed E-state index contributed by atoms with van der Waals surface area (Å²) in [5.41, 5.74) is 2.37. The summed E-state index contributed by atoms with van der Waals surface area (Å²) in [6.45, 7) is 0. The smallest absolute Gasteiger partial charge is 0.271 e. The third-order valence-electron chi connectivity index (χ3n) is 5.25. The fourth-order valence-electron chi connectivity index (χ4n) is 4.01. The van der Waals surface area contributed by atoms with Crippen molar-refractivity contribution in [3.63, 3.8) is 0 Å². The van der Waals surface area contributed by atoms with Crippen LogP contribution in [0.3, 0.4) is 0 Å². The van der Waals surface area contributed by atoms with Crippen molar-refractivity contribution >= 4 is 17.1 Å². The predicted octanol–water partition coefficient (Wildman–Crippen LogP) is 4.20. The molecule has 0 unspecified atom stereocenters. The lowest BCUT2D eigenvalue weighted by Gasteiger charge is -2.37. The monoisotopic (exact) mass is 362 g/mol. The summed E-state index contributed by atoms with van der Waals surface area (Å²) in [6.07, 6.45) is 4.84. The van der Waals surface area contributed by atoms with Crippen molar-refractivity contribution in [3.8, 4) is 6.07 Å². The van der Waals surface area contributed by atoms with Crippen LogP contribution in [0.5, 0.6) is 0 Å². The van der Waals surface area contributed by atoms with E-state index in [9.17, 15) is 25.5 Å². The van der Waals surface area contributed by atoms with Gasteiger partial charge in [-0.05, 0) is 23.5 Å². The molecule has 0 saturated carbocycles. The molecule has 27 heavy (non-hydrogen) atoms. The molecule has 134 valence electrons. The van der Waals surface area contributed by atoms with Crippen molar-refractivity contribution in [2.45, 2.75) is 18.4 Å². The highest BCUT2D eigenvalue weighted by Crippen LogP contribution is 2.51. The van der Waals surface area contributed by atoms with E-state index in [4.69, 9.17) is 0 Å². The molecule has 1 aliphatic heterocycles. The van der Waals surface area contributed by atoms with Gasteiger partial charge in [0, 0.05) is 30.2 Å². The quantitative estimate of drug-likeness (QED) is 0.496. The van der Waals surface area contributed by atoms with Crippen LogP contribution in [0.1, 0.15) is 35.1 Å². The molecule has 2 aromatic carbocycles. The Kier molecular flexibility index (Phi) is 3.85. The van der Waals surface area contributed by atoms with Crippen LogP contribution in [0, 0.1) is 37.5 Å². The minimum atomic E-state index is -0.489. The first kappa shape index (κ1) is 16.7. The number of nitrogens with one attached hydrogen (secondary N) is 1. The molecule has 0 amide bonds. The van der Waals surface area contributed by atoms with Gasteiger partial charge in [-0.1, -0.05) is 24.3 Å². The Balaban J connectivity index is 1.81. The van der Waals surface area contributed by atoms with Gasteiger partial charge in [-0.15, -0.1) is 0 Å². The molecule has 0 bridgehead atoms. The highest BCUT2D eigenvalue weighted by molar-refractivity contribution is 5.71. The molecule has 3 atom stereocenters. The van der Waals surface area contributed by atoms with Gasteiger partial charge in [0.15, 0.2) is 0 Å². The van der Waals surface area contributed by atoms with E-state index in [1.165, 1.54) is 24.3 Å². The summed E-state index contributed by atoms with van der Waals surface area (Å²) >= 11 is 0. The van der Waals surface area contributed by atoms with Crippen LogP contribution < -0.4 is 5.32 Å². The average Bonchev–Trinajstić information content (AvgIpc) is 3.16. The molecule has 2 aliphatic rings. The van der Waals surface area contributed by atoms with E-state index in [1.807, 2.05) is 18.2 Å². The van der Waals surface area contributed by atoms with E-state index in [-0.39, 0.29) is 34.8 Å². The number of allylic oxidation sites excluding steroid dienone is 2. The lowest BCUT2D eigenvalue weighted by atomic mass is 9.76.